The molecule has 0 spiro atoms. The van der Waals surface area contributed by atoms with Crippen LogP contribution in [0.15, 0.2) is 53.5 Å². The molecule has 162 valence electrons. The van der Waals surface area contributed by atoms with Crippen molar-refractivity contribution in [1.82, 2.24) is 15.1 Å². The first-order chi connectivity index (χ1) is 14.4. The van der Waals surface area contributed by atoms with E-state index in [1.165, 1.54) is 16.9 Å². The topological polar surface area (TPSA) is 142 Å². The molecule has 0 unspecified atom stereocenters. The molecule has 1 aromatic heterocycles. The highest BCUT2D eigenvalue weighted by atomic mass is 35.5. The minimum atomic E-state index is -0.483. The van der Waals surface area contributed by atoms with Gasteiger partial charge in [0.2, 0.25) is 5.91 Å². The zero-order valence-corrected chi connectivity index (χ0v) is 17.6. The van der Waals surface area contributed by atoms with Crippen LogP contribution >= 0.6 is 11.6 Å². The van der Waals surface area contributed by atoms with Gasteiger partial charge in [-0.25, -0.2) is 4.68 Å². The van der Waals surface area contributed by atoms with Crippen molar-refractivity contribution >= 4 is 23.2 Å². The van der Waals surface area contributed by atoms with Gasteiger partial charge in [0.1, 0.15) is 5.69 Å². The number of nitrogens with zero attached hydrogens (tertiary/aromatic N) is 2. The molecule has 0 saturated heterocycles. The van der Waals surface area contributed by atoms with Crippen LogP contribution < -0.4 is 28.1 Å². The highest BCUT2D eigenvalue weighted by molar-refractivity contribution is 6.30. The molecule has 9 heteroatoms. The number of nitrogens with two attached hydrogens (primary N) is 3. The molecule has 1 aliphatic carbocycles. The number of primary amides is 1. The molecule has 1 heterocycles. The maximum atomic E-state index is 12.1. The van der Waals surface area contributed by atoms with Crippen LogP contribution in [0.5, 0.6) is 0 Å². The summed E-state index contributed by atoms with van der Waals surface area (Å²) in [5.74, 6) is 0.0525. The molecular weight excluding hydrogens is 404 g/mol. The van der Waals surface area contributed by atoms with Crippen LogP contribution in [-0.2, 0) is 4.79 Å². The molecule has 3 rings (SSSR count). The van der Waals surface area contributed by atoms with Crippen molar-refractivity contribution in [2.75, 3.05) is 13.1 Å². The van der Waals surface area contributed by atoms with Crippen molar-refractivity contribution in [3.8, 4) is 0 Å². The molecule has 1 aromatic carbocycles. The van der Waals surface area contributed by atoms with E-state index in [-0.39, 0.29) is 18.1 Å². The Balaban J connectivity index is 0.000000386. The van der Waals surface area contributed by atoms with Crippen LogP contribution in [0, 0.1) is 5.92 Å². The van der Waals surface area contributed by atoms with Gasteiger partial charge < -0.3 is 22.5 Å². The summed E-state index contributed by atoms with van der Waals surface area (Å²) in [5.41, 5.74) is 17.4. The van der Waals surface area contributed by atoms with Gasteiger partial charge in [0.15, 0.2) is 0 Å². The van der Waals surface area contributed by atoms with Crippen molar-refractivity contribution in [1.29, 1.82) is 0 Å². The van der Waals surface area contributed by atoms with Crippen LogP contribution in [0.2, 0.25) is 5.02 Å². The van der Waals surface area contributed by atoms with E-state index in [0.717, 1.165) is 30.7 Å². The van der Waals surface area contributed by atoms with E-state index in [1.54, 1.807) is 6.07 Å². The molecule has 1 amide bonds. The van der Waals surface area contributed by atoms with Crippen molar-refractivity contribution in [2.24, 2.45) is 23.1 Å². The summed E-state index contributed by atoms with van der Waals surface area (Å²) in [4.78, 5) is 22.8. The maximum absolute atomic E-state index is 12.1. The quantitative estimate of drug-likeness (QED) is 0.546. The number of hydrogen-bond acceptors (Lipinski definition) is 6. The van der Waals surface area contributed by atoms with Gasteiger partial charge in [-0.15, -0.1) is 0 Å². The third-order valence-corrected chi connectivity index (χ3v) is 5.14. The van der Waals surface area contributed by atoms with E-state index < -0.39 is 5.91 Å². The molecular formula is C21H29ClN6O2. The third kappa shape index (κ3) is 7.53. The Kier molecular flexibility index (Phi) is 9.37. The van der Waals surface area contributed by atoms with Crippen LogP contribution in [0.25, 0.3) is 5.70 Å². The molecule has 1 fully saturated rings. The average Bonchev–Trinajstić information content (AvgIpc) is 2.75. The second-order valence-electron chi connectivity index (χ2n) is 7.15. The Labute approximate surface area is 181 Å². The summed E-state index contributed by atoms with van der Waals surface area (Å²) in [6, 6.07) is 12.6. The molecule has 1 aliphatic rings. The fraction of sp³-hybridized carbons (Fsp3) is 0.381. The lowest BCUT2D eigenvalue weighted by atomic mass is 9.86. The highest BCUT2D eigenvalue weighted by Crippen LogP contribution is 2.30. The summed E-state index contributed by atoms with van der Waals surface area (Å²) in [6.45, 7) is 0.680. The molecule has 0 radical (unpaired) electrons. The number of nitrogens with one attached hydrogen (secondary N) is 1. The lowest BCUT2D eigenvalue weighted by Gasteiger charge is -2.28. The van der Waals surface area contributed by atoms with Gasteiger partial charge in [-0.1, -0.05) is 29.8 Å². The average molecular weight is 433 g/mol. The number of benzene rings is 1. The number of aromatic nitrogens is 2. The van der Waals surface area contributed by atoms with Crippen molar-refractivity contribution in [3.63, 3.8) is 0 Å². The monoisotopic (exact) mass is 432 g/mol. The van der Waals surface area contributed by atoms with E-state index in [1.807, 2.05) is 30.3 Å². The predicted octanol–water partition coefficient (Wildman–Crippen LogP) is 1.61. The highest BCUT2D eigenvalue weighted by Gasteiger charge is 2.23. The number of carbonyl (C=O) groups excluding carboxylic acids is 1. The van der Waals surface area contributed by atoms with Gasteiger partial charge in [0.25, 0.3) is 5.56 Å². The molecule has 0 atom stereocenters. The van der Waals surface area contributed by atoms with Crippen LogP contribution in [-0.4, -0.2) is 28.8 Å². The minimum absolute atomic E-state index is 0.0105. The van der Waals surface area contributed by atoms with Crippen molar-refractivity contribution in [3.05, 3.63) is 69.7 Å². The standard InChI is InChI=1S/C15H24N6O2.C6H5Cl/c16-7-10-1-3-11(4-2-10)21-15(23)6-5-13(20-21)12(17)8-19-9-14(18)22;7-6-4-2-1-3-5-6/h5-6,8,10-11,19H,1-4,7,9,16-17H2,(H2,18,22);1-5H/b12-8-;. The Morgan fingerprint density at radius 3 is 2.33 bits per heavy atom. The summed E-state index contributed by atoms with van der Waals surface area (Å²) in [5, 5.41) is 7.87. The first kappa shape index (κ1) is 23.4. The van der Waals surface area contributed by atoms with Gasteiger partial charge in [-0.3, -0.25) is 9.59 Å². The summed E-state index contributed by atoms with van der Waals surface area (Å²) in [7, 11) is 0. The Morgan fingerprint density at radius 2 is 1.80 bits per heavy atom. The Hall–Kier alpha value is -2.84. The predicted molar refractivity (Wildman–Crippen MR) is 119 cm³/mol. The smallest absolute Gasteiger partial charge is 0.267 e. The largest absolute Gasteiger partial charge is 0.396 e. The van der Waals surface area contributed by atoms with Crippen LogP contribution in [0.3, 0.4) is 0 Å². The van der Waals surface area contributed by atoms with E-state index in [9.17, 15) is 9.59 Å². The Bertz CT molecular complexity index is 892. The second kappa shape index (κ2) is 12.0. The lowest BCUT2D eigenvalue weighted by Crippen LogP contribution is -2.32. The SMILES string of the molecule is Clc1ccccc1.NCC1CCC(n2nc(/C(N)=C/NCC(N)=O)ccc2=O)CC1. The molecule has 2 aromatic rings. The number of amides is 1. The van der Waals surface area contributed by atoms with E-state index in [4.69, 9.17) is 28.8 Å². The summed E-state index contributed by atoms with van der Waals surface area (Å²) >= 11 is 5.54. The van der Waals surface area contributed by atoms with Gasteiger partial charge in [0, 0.05) is 17.3 Å². The first-order valence-electron chi connectivity index (χ1n) is 9.89. The summed E-state index contributed by atoms with van der Waals surface area (Å²) in [6.07, 6.45) is 5.26. The number of halogens is 1. The van der Waals surface area contributed by atoms with E-state index in [0.29, 0.717) is 23.9 Å². The molecule has 8 nitrogen and oxygen atoms in total. The molecule has 1 saturated carbocycles. The Morgan fingerprint density at radius 1 is 1.13 bits per heavy atom. The van der Waals surface area contributed by atoms with Crippen molar-refractivity contribution < 1.29 is 4.79 Å². The second-order valence-corrected chi connectivity index (χ2v) is 7.59. The normalized spacial score (nSPS) is 18.8. The van der Waals surface area contributed by atoms with Gasteiger partial charge in [-0.2, -0.15) is 5.10 Å². The van der Waals surface area contributed by atoms with Crippen LogP contribution in [0.4, 0.5) is 0 Å². The maximum Gasteiger partial charge on any atom is 0.267 e. The molecule has 7 N–H and O–H groups in total. The lowest BCUT2D eigenvalue weighted by molar-refractivity contribution is -0.117. The van der Waals surface area contributed by atoms with Crippen molar-refractivity contribution in [2.45, 2.75) is 31.7 Å². The molecule has 0 aliphatic heterocycles. The summed E-state index contributed by atoms with van der Waals surface area (Å²) < 4.78 is 1.51. The molecule has 0 bridgehead atoms. The van der Waals surface area contributed by atoms with Gasteiger partial charge >= 0.3 is 0 Å². The third-order valence-electron chi connectivity index (χ3n) is 4.88. The number of carbonyl (C=O) groups is 1. The fourth-order valence-electron chi connectivity index (χ4n) is 3.22. The number of rotatable bonds is 6. The van der Waals surface area contributed by atoms with E-state index in [2.05, 4.69) is 10.4 Å². The zero-order chi connectivity index (χ0) is 21.9. The van der Waals surface area contributed by atoms with E-state index >= 15 is 0 Å². The fourth-order valence-corrected chi connectivity index (χ4v) is 3.36. The molecule has 30 heavy (non-hydrogen) atoms. The zero-order valence-electron chi connectivity index (χ0n) is 16.8. The first-order valence-corrected chi connectivity index (χ1v) is 10.3. The van der Waals surface area contributed by atoms with Crippen LogP contribution in [0.1, 0.15) is 37.4 Å². The van der Waals surface area contributed by atoms with Gasteiger partial charge in [-0.05, 0) is 56.3 Å². The minimum Gasteiger partial charge on any atom is -0.396 e. The number of hydrogen-bond donors (Lipinski definition) is 4. The van der Waals surface area contributed by atoms with Gasteiger partial charge in [0.05, 0.1) is 18.3 Å².